The topological polar surface area (TPSA) is 92.5 Å². The van der Waals surface area contributed by atoms with E-state index in [2.05, 4.69) is 5.32 Å². The average molecular weight is 297 g/mol. The monoisotopic (exact) mass is 297 g/mol. The number of carbonyl (C=O) groups is 1. The van der Waals surface area contributed by atoms with Crippen LogP contribution in [0.5, 0.6) is 0 Å². The molecule has 1 heterocycles. The van der Waals surface area contributed by atoms with Crippen molar-refractivity contribution in [3.8, 4) is 0 Å². The fourth-order valence-electron chi connectivity index (χ4n) is 2.34. The van der Waals surface area contributed by atoms with Crippen LogP contribution in [0.2, 0.25) is 0 Å². The van der Waals surface area contributed by atoms with Crippen LogP contribution in [0.3, 0.4) is 0 Å². The van der Waals surface area contributed by atoms with Gasteiger partial charge in [-0.05, 0) is 31.5 Å². The molecule has 1 atom stereocenters. The van der Waals surface area contributed by atoms with Crippen molar-refractivity contribution < 1.29 is 13.2 Å². The summed E-state index contributed by atoms with van der Waals surface area (Å²) < 4.78 is 26.7. The number of benzene rings is 1. The summed E-state index contributed by atoms with van der Waals surface area (Å²) in [5.74, 6) is -0.618. The first kappa shape index (κ1) is 15.0. The molecule has 0 radical (unpaired) electrons. The zero-order valence-electron chi connectivity index (χ0n) is 11.6. The second-order valence-corrected chi connectivity index (χ2v) is 6.90. The maximum atomic E-state index is 12.6. The van der Waals surface area contributed by atoms with Crippen molar-refractivity contribution >= 4 is 15.9 Å². The number of hydrogen-bond donors (Lipinski definition) is 2. The standard InChI is InChI=1S/C13H19N3O3S/c1-9-3-4-11(7-12(9)13(14)17)20(18,19)16-6-5-15-8-10(16)2/h3-4,7,10,15H,5-6,8H2,1-2H3,(H2,14,17)/t10-/m0/s1. The van der Waals surface area contributed by atoms with E-state index in [4.69, 9.17) is 5.73 Å². The first-order valence-corrected chi connectivity index (χ1v) is 7.91. The molecule has 0 saturated carbocycles. The highest BCUT2D eigenvalue weighted by Crippen LogP contribution is 2.21. The van der Waals surface area contributed by atoms with Crippen LogP contribution in [0.4, 0.5) is 0 Å². The SMILES string of the molecule is Cc1ccc(S(=O)(=O)N2CCNC[C@@H]2C)cc1C(N)=O. The molecular formula is C13H19N3O3S. The van der Waals surface area contributed by atoms with Crippen LogP contribution >= 0.6 is 0 Å². The lowest BCUT2D eigenvalue weighted by atomic mass is 10.1. The number of rotatable bonds is 3. The number of piperazine rings is 1. The van der Waals surface area contributed by atoms with Gasteiger partial charge in [-0.25, -0.2) is 8.42 Å². The highest BCUT2D eigenvalue weighted by Gasteiger charge is 2.31. The number of primary amides is 1. The number of sulfonamides is 1. The minimum Gasteiger partial charge on any atom is -0.366 e. The molecule has 1 amide bonds. The lowest BCUT2D eigenvalue weighted by molar-refractivity contribution is 0.0999. The normalized spacial score (nSPS) is 20.8. The second kappa shape index (κ2) is 5.51. The maximum Gasteiger partial charge on any atom is 0.249 e. The summed E-state index contributed by atoms with van der Waals surface area (Å²) in [6.07, 6.45) is 0. The number of aryl methyl sites for hydroxylation is 1. The van der Waals surface area contributed by atoms with Gasteiger partial charge in [0.05, 0.1) is 4.90 Å². The largest absolute Gasteiger partial charge is 0.366 e. The molecule has 1 saturated heterocycles. The Hall–Kier alpha value is -1.44. The highest BCUT2D eigenvalue weighted by molar-refractivity contribution is 7.89. The molecule has 1 aliphatic rings. The van der Waals surface area contributed by atoms with Crippen molar-refractivity contribution in [1.29, 1.82) is 0 Å². The van der Waals surface area contributed by atoms with Gasteiger partial charge in [0.25, 0.3) is 0 Å². The average Bonchev–Trinajstić information content (AvgIpc) is 2.38. The van der Waals surface area contributed by atoms with Crippen molar-refractivity contribution in [3.05, 3.63) is 29.3 Å². The number of hydrogen-bond acceptors (Lipinski definition) is 4. The van der Waals surface area contributed by atoms with Crippen LogP contribution in [0.15, 0.2) is 23.1 Å². The van der Waals surface area contributed by atoms with E-state index in [1.165, 1.54) is 16.4 Å². The Balaban J connectivity index is 2.44. The summed E-state index contributed by atoms with van der Waals surface area (Å²) in [5.41, 5.74) is 6.19. The number of amides is 1. The third-order valence-corrected chi connectivity index (χ3v) is 5.53. The van der Waals surface area contributed by atoms with Gasteiger partial charge in [0.2, 0.25) is 15.9 Å². The predicted octanol–water partition coefficient (Wildman–Crippen LogP) is 0.0763. The summed E-state index contributed by atoms with van der Waals surface area (Å²) in [6, 6.07) is 4.38. The number of nitrogens with two attached hydrogens (primary N) is 1. The molecule has 6 nitrogen and oxygen atoms in total. The molecule has 7 heteroatoms. The van der Waals surface area contributed by atoms with Crippen molar-refractivity contribution in [2.45, 2.75) is 24.8 Å². The fraction of sp³-hybridized carbons (Fsp3) is 0.462. The Labute approximate surface area is 119 Å². The maximum absolute atomic E-state index is 12.6. The Morgan fingerprint density at radius 1 is 1.45 bits per heavy atom. The molecule has 1 aromatic carbocycles. The third kappa shape index (κ3) is 2.70. The van der Waals surface area contributed by atoms with Gasteiger partial charge in [-0.3, -0.25) is 4.79 Å². The van der Waals surface area contributed by atoms with Crippen LogP contribution in [-0.2, 0) is 10.0 Å². The Morgan fingerprint density at radius 3 is 2.75 bits per heavy atom. The summed E-state index contributed by atoms with van der Waals surface area (Å²) >= 11 is 0. The molecule has 0 aliphatic carbocycles. The van der Waals surface area contributed by atoms with Gasteiger partial charge in [-0.15, -0.1) is 0 Å². The smallest absolute Gasteiger partial charge is 0.249 e. The summed E-state index contributed by atoms with van der Waals surface area (Å²) in [6.45, 7) is 5.24. The van der Waals surface area contributed by atoms with E-state index in [0.29, 0.717) is 25.2 Å². The van der Waals surface area contributed by atoms with Crippen LogP contribution in [0.1, 0.15) is 22.8 Å². The lowest BCUT2D eigenvalue weighted by Crippen LogP contribution is -2.52. The number of nitrogens with one attached hydrogen (secondary N) is 1. The van der Waals surface area contributed by atoms with E-state index in [0.717, 1.165) is 0 Å². The van der Waals surface area contributed by atoms with Crippen LogP contribution < -0.4 is 11.1 Å². The molecule has 0 spiro atoms. The summed E-state index contributed by atoms with van der Waals surface area (Å²) in [7, 11) is -3.60. The van der Waals surface area contributed by atoms with Gasteiger partial charge in [0, 0.05) is 31.2 Å². The summed E-state index contributed by atoms with van der Waals surface area (Å²) in [4.78, 5) is 11.5. The Kier molecular flexibility index (Phi) is 4.12. The van der Waals surface area contributed by atoms with Crippen molar-refractivity contribution in [2.75, 3.05) is 19.6 Å². The minimum absolute atomic E-state index is 0.116. The van der Waals surface area contributed by atoms with Gasteiger partial charge in [0.15, 0.2) is 0 Å². The minimum atomic E-state index is -3.60. The zero-order valence-corrected chi connectivity index (χ0v) is 12.4. The highest BCUT2D eigenvalue weighted by atomic mass is 32.2. The lowest BCUT2D eigenvalue weighted by Gasteiger charge is -2.32. The fourth-order valence-corrected chi connectivity index (χ4v) is 4.00. The molecule has 0 aromatic heterocycles. The number of nitrogens with zero attached hydrogens (tertiary/aromatic N) is 1. The van der Waals surface area contributed by atoms with Crippen LogP contribution in [-0.4, -0.2) is 44.3 Å². The van der Waals surface area contributed by atoms with Crippen LogP contribution in [0, 0.1) is 6.92 Å². The molecule has 0 bridgehead atoms. The predicted molar refractivity (Wildman–Crippen MR) is 75.9 cm³/mol. The molecule has 0 unspecified atom stereocenters. The molecule has 20 heavy (non-hydrogen) atoms. The first-order valence-electron chi connectivity index (χ1n) is 6.47. The van der Waals surface area contributed by atoms with Gasteiger partial charge < -0.3 is 11.1 Å². The van der Waals surface area contributed by atoms with E-state index in [1.807, 2.05) is 6.92 Å². The van der Waals surface area contributed by atoms with Gasteiger partial charge in [0.1, 0.15) is 0 Å². The number of carbonyl (C=O) groups excluding carboxylic acids is 1. The molecule has 3 N–H and O–H groups in total. The van der Waals surface area contributed by atoms with Gasteiger partial charge in [-0.2, -0.15) is 4.31 Å². The van der Waals surface area contributed by atoms with Crippen molar-refractivity contribution in [1.82, 2.24) is 9.62 Å². The van der Waals surface area contributed by atoms with Gasteiger partial charge in [-0.1, -0.05) is 6.07 Å². The van der Waals surface area contributed by atoms with Gasteiger partial charge >= 0.3 is 0 Å². The first-order chi connectivity index (χ1) is 9.34. The van der Waals surface area contributed by atoms with Crippen molar-refractivity contribution in [3.63, 3.8) is 0 Å². The quantitative estimate of drug-likeness (QED) is 0.826. The van der Waals surface area contributed by atoms with Crippen LogP contribution in [0.25, 0.3) is 0 Å². The molecule has 110 valence electrons. The van der Waals surface area contributed by atoms with Crippen molar-refractivity contribution in [2.24, 2.45) is 5.73 Å². The van der Waals surface area contributed by atoms with E-state index in [9.17, 15) is 13.2 Å². The summed E-state index contributed by atoms with van der Waals surface area (Å²) in [5, 5.41) is 3.15. The molecular weight excluding hydrogens is 278 g/mol. The van der Waals surface area contributed by atoms with E-state index >= 15 is 0 Å². The van der Waals surface area contributed by atoms with E-state index < -0.39 is 15.9 Å². The third-order valence-electron chi connectivity index (χ3n) is 3.52. The zero-order chi connectivity index (χ0) is 14.9. The van der Waals surface area contributed by atoms with E-state index in [-0.39, 0.29) is 16.5 Å². The molecule has 1 aliphatic heterocycles. The Morgan fingerprint density at radius 2 is 2.15 bits per heavy atom. The molecule has 2 rings (SSSR count). The molecule has 1 fully saturated rings. The van der Waals surface area contributed by atoms with E-state index in [1.54, 1.807) is 13.0 Å². The Bertz CT molecular complexity index is 628. The molecule has 1 aromatic rings. The second-order valence-electron chi connectivity index (χ2n) is 5.01.